The Bertz CT molecular complexity index is 1210. The number of amides is 1. The Morgan fingerprint density at radius 2 is 1.84 bits per heavy atom. The van der Waals surface area contributed by atoms with Gasteiger partial charge in [-0.2, -0.15) is 4.57 Å². The van der Waals surface area contributed by atoms with Gasteiger partial charge in [0.05, 0.1) is 0 Å². The molecule has 0 fully saturated rings. The standard InChI is InChI=1S/C19H11N3O2.BrH/c20-19(24)10-5-6-14-13(9-10)11-7-8-22-15-4-2-1-3-12(15)18(23)17(22)16(11)21-14;/h1-9H,(H2,20,24);1H. The normalized spacial score (nSPS) is 12.1. The quantitative estimate of drug-likeness (QED) is 0.367. The predicted octanol–water partition coefficient (Wildman–Crippen LogP) is -0.755. The number of fused-ring (bicyclic) bond motifs is 7. The third-order valence-electron chi connectivity index (χ3n) is 4.61. The number of carbonyl (C=O) groups is 2. The van der Waals surface area contributed by atoms with Gasteiger partial charge in [-0.3, -0.25) is 9.59 Å². The maximum atomic E-state index is 12.8. The maximum absolute atomic E-state index is 12.8. The van der Waals surface area contributed by atoms with E-state index in [4.69, 9.17) is 5.73 Å². The molecule has 0 spiro atoms. The van der Waals surface area contributed by atoms with E-state index in [2.05, 4.69) is 4.98 Å². The molecule has 1 aliphatic heterocycles. The number of hydrogen-bond acceptors (Lipinski definition) is 2. The highest BCUT2D eigenvalue weighted by molar-refractivity contribution is 6.20. The van der Waals surface area contributed by atoms with E-state index in [1.807, 2.05) is 47.2 Å². The molecule has 3 N–H and O–H groups in total. The van der Waals surface area contributed by atoms with Crippen molar-refractivity contribution in [1.82, 2.24) is 4.98 Å². The lowest BCUT2D eigenvalue weighted by Crippen LogP contribution is -3.00. The van der Waals surface area contributed by atoms with Gasteiger partial charge in [-0.1, -0.05) is 12.1 Å². The molecule has 1 aliphatic rings. The lowest BCUT2D eigenvalue weighted by molar-refractivity contribution is -0.592. The lowest BCUT2D eigenvalue weighted by Gasteiger charge is -1.96. The van der Waals surface area contributed by atoms with Crippen LogP contribution in [-0.2, 0) is 0 Å². The fraction of sp³-hybridized carbons (Fsp3) is 0. The molecule has 6 heteroatoms. The van der Waals surface area contributed by atoms with E-state index in [0.717, 1.165) is 27.5 Å². The van der Waals surface area contributed by atoms with Crippen LogP contribution in [0.1, 0.15) is 26.4 Å². The highest BCUT2D eigenvalue weighted by Gasteiger charge is 2.37. The van der Waals surface area contributed by atoms with E-state index < -0.39 is 5.91 Å². The largest absolute Gasteiger partial charge is 1.00 e. The van der Waals surface area contributed by atoms with Crippen LogP contribution in [0.5, 0.6) is 0 Å². The summed E-state index contributed by atoms with van der Waals surface area (Å²) in [5.41, 5.74) is 9.67. The first kappa shape index (κ1) is 15.5. The first-order chi connectivity index (χ1) is 11.6. The number of nitrogens with zero attached hydrogens (tertiary/aromatic N) is 1. The van der Waals surface area contributed by atoms with Crippen LogP contribution >= 0.6 is 0 Å². The summed E-state index contributed by atoms with van der Waals surface area (Å²) in [7, 11) is 0. The number of nitrogens with two attached hydrogens (primary N) is 1. The van der Waals surface area contributed by atoms with E-state index in [9.17, 15) is 9.59 Å². The highest BCUT2D eigenvalue weighted by atomic mass is 79.9. The number of aromatic amines is 1. The van der Waals surface area contributed by atoms with Gasteiger partial charge in [-0.25, -0.2) is 0 Å². The van der Waals surface area contributed by atoms with Crippen molar-refractivity contribution in [1.29, 1.82) is 0 Å². The van der Waals surface area contributed by atoms with Crippen LogP contribution in [0.15, 0.2) is 54.7 Å². The summed E-state index contributed by atoms with van der Waals surface area (Å²) in [6.07, 6.45) is 1.89. The molecular weight excluding hydrogens is 382 g/mol. The van der Waals surface area contributed by atoms with Crippen molar-refractivity contribution in [2.24, 2.45) is 5.73 Å². The maximum Gasteiger partial charge on any atom is 0.284 e. The average molecular weight is 394 g/mol. The molecule has 0 radical (unpaired) electrons. The summed E-state index contributed by atoms with van der Waals surface area (Å²) in [5.74, 6) is -0.469. The Morgan fingerprint density at radius 1 is 1.04 bits per heavy atom. The van der Waals surface area contributed by atoms with Crippen LogP contribution in [0.3, 0.4) is 0 Å². The van der Waals surface area contributed by atoms with Crippen LogP contribution in [0.4, 0.5) is 0 Å². The minimum atomic E-state index is -0.467. The summed E-state index contributed by atoms with van der Waals surface area (Å²) >= 11 is 0. The van der Waals surface area contributed by atoms with Crippen LogP contribution < -0.4 is 27.3 Å². The van der Waals surface area contributed by atoms with Crippen molar-refractivity contribution in [2.75, 3.05) is 0 Å². The summed E-state index contributed by atoms with van der Waals surface area (Å²) < 4.78 is 1.91. The zero-order chi connectivity index (χ0) is 16.4. The number of rotatable bonds is 1. The van der Waals surface area contributed by atoms with Crippen LogP contribution in [0.2, 0.25) is 0 Å². The molecular formula is C19H12BrN3O2. The van der Waals surface area contributed by atoms with Gasteiger partial charge in [-0.05, 0) is 24.3 Å². The number of hydrogen-bond donors (Lipinski definition) is 2. The molecule has 5 rings (SSSR count). The number of benzene rings is 2. The Labute approximate surface area is 152 Å². The second kappa shape index (κ2) is 5.26. The van der Waals surface area contributed by atoms with Crippen molar-refractivity contribution in [2.45, 2.75) is 0 Å². The first-order valence-electron chi connectivity index (χ1n) is 7.59. The van der Waals surface area contributed by atoms with Crippen LogP contribution in [-0.4, -0.2) is 16.7 Å². The van der Waals surface area contributed by atoms with Crippen molar-refractivity contribution in [3.63, 3.8) is 0 Å². The molecule has 3 heterocycles. The van der Waals surface area contributed by atoms with Gasteiger partial charge in [0.25, 0.3) is 11.5 Å². The third-order valence-corrected chi connectivity index (χ3v) is 4.61. The number of halogens is 1. The van der Waals surface area contributed by atoms with Crippen LogP contribution in [0, 0.1) is 0 Å². The molecule has 0 saturated heterocycles. The summed E-state index contributed by atoms with van der Waals surface area (Å²) in [6.45, 7) is 0. The Kier molecular flexibility index (Phi) is 3.27. The van der Waals surface area contributed by atoms with Crippen molar-refractivity contribution in [3.8, 4) is 5.69 Å². The Balaban J connectivity index is 0.00000157. The van der Waals surface area contributed by atoms with Gasteiger partial charge in [0, 0.05) is 34.0 Å². The molecule has 2 aromatic carbocycles. The topological polar surface area (TPSA) is 79.8 Å². The Hall–Kier alpha value is -2.99. The minimum absolute atomic E-state index is 0. The second-order valence-corrected chi connectivity index (χ2v) is 5.92. The zero-order valence-corrected chi connectivity index (χ0v) is 14.5. The smallest absolute Gasteiger partial charge is 0.284 e. The van der Waals surface area contributed by atoms with E-state index in [-0.39, 0.29) is 22.8 Å². The summed E-state index contributed by atoms with van der Waals surface area (Å²) in [4.78, 5) is 27.6. The molecule has 0 aliphatic carbocycles. The first-order valence-corrected chi connectivity index (χ1v) is 7.59. The van der Waals surface area contributed by atoms with Gasteiger partial charge in [0.2, 0.25) is 11.6 Å². The Morgan fingerprint density at radius 3 is 2.64 bits per heavy atom. The number of ketones is 1. The molecule has 122 valence electrons. The monoisotopic (exact) mass is 393 g/mol. The van der Waals surface area contributed by atoms with Crippen molar-refractivity contribution < 1.29 is 31.1 Å². The third kappa shape index (κ3) is 1.97. The van der Waals surface area contributed by atoms with Gasteiger partial charge in [0.15, 0.2) is 6.20 Å². The number of pyridine rings is 1. The zero-order valence-electron chi connectivity index (χ0n) is 12.9. The number of carbonyl (C=O) groups excluding carboxylic acids is 2. The molecule has 1 amide bonds. The summed E-state index contributed by atoms with van der Waals surface area (Å²) in [5, 5.41) is 1.79. The van der Waals surface area contributed by atoms with Crippen molar-refractivity contribution >= 4 is 33.5 Å². The van der Waals surface area contributed by atoms with E-state index in [1.165, 1.54) is 0 Å². The van der Waals surface area contributed by atoms with E-state index in [1.54, 1.807) is 12.1 Å². The van der Waals surface area contributed by atoms with Gasteiger partial charge >= 0.3 is 0 Å². The molecule has 2 aromatic heterocycles. The fourth-order valence-electron chi connectivity index (χ4n) is 3.50. The van der Waals surface area contributed by atoms with Gasteiger partial charge in [-0.15, -0.1) is 0 Å². The molecule has 4 aromatic rings. The summed E-state index contributed by atoms with van der Waals surface area (Å²) in [6, 6.07) is 14.8. The molecule has 25 heavy (non-hydrogen) atoms. The van der Waals surface area contributed by atoms with Gasteiger partial charge in [0.1, 0.15) is 11.1 Å². The minimum Gasteiger partial charge on any atom is -1.00 e. The lowest BCUT2D eigenvalue weighted by atomic mass is 10.1. The van der Waals surface area contributed by atoms with E-state index >= 15 is 0 Å². The number of H-pyrrole nitrogens is 1. The fourth-order valence-corrected chi connectivity index (χ4v) is 3.50. The number of aromatic nitrogens is 2. The van der Waals surface area contributed by atoms with E-state index in [0.29, 0.717) is 16.8 Å². The number of nitrogens with one attached hydrogen (secondary N) is 1. The molecule has 0 unspecified atom stereocenters. The SMILES string of the molecule is NC(=O)c1ccc2[nH]c3c4[n+](ccc3c2c1)-c1ccccc1C4=O.[Br-]. The van der Waals surface area contributed by atoms with Crippen molar-refractivity contribution in [3.05, 3.63) is 71.5 Å². The molecule has 0 atom stereocenters. The number of primary amides is 1. The van der Waals surface area contributed by atoms with Crippen LogP contribution in [0.25, 0.3) is 27.5 Å². The average Bonchev–Trinajstić information content (AvgIpc) is 3.10. The second-order valence-electron chi connectivity index (χ2n) is 5.92. The van der Waals surface area contributed by atoms with Gasteiger partial charge < -0.3 is 27.7 Å². The predicted molar refractivity (Wildman–Crippen MR) is 89.3 cm³/mol. The molecule has 0 bridgehead atoms. The molecule has 0 saturated carbocycles. The molecule has 5 nitrogen and oxygen atoms in total. The number of para-hydroxylation sites is 1. The highest BCUT2D eigenvalue weighted by Crippen LogP contribution is 2.31.